The molecule has 48 heavy (non-hydrogen) atoms. The fourth-order valence-electron chi connectivity index (χ4n) is 7.12. The lowest BCUT2D eigenvalue weighted by atomic mass is 9.59. The highest BCUT2D eigenvalue weighted by molar-refractivity contribution is 6.68. The van der Waals surface area contributed by atoms with Crippen LogP contribution < -0.4 is 27.3 Å². The van der Waals surface area contributed by atoms with E-state index in [1.165, 1.54) is 0 Å². The van der Waals surface area contributed by atoms with Gasteiger partial charge in [-0.05, 0) is 85.3 Å². The summed E-state index contributed by atoms with van der Waals surface area (Å²) in [6.45, 7) is 2.14. The van der Waals surface area contributed by atoms with Crippen LogP contribution in [0.25, 0.3) is 71.6 Å². The number of para-hydroxylation sites is 2. The molecule has 0 unspecified atom stereocenters. The Hall–Kier alpha value is -5.15. The zero-order chi connectivity index (χ0) is 33.1. The predicted molar refractivity (Wildman–Crippen MR) is 209 cm³/mol. The second-order valence-corrected chi connectivity index (χ2v) is 12.1. The molecule has 0 bridgehead atoms. The second kappa shape index (κ2) is 11.8. The number of benzene rings is 7. The number of aryl methyl sites for hydroxylation is 1. The van der Waals surface area contributed by atoms with Crippen molar-refractivity contribution in [3.05, 3.63) is 127 Å². The third-order valence-corrected chi connectivity index (χ3v) is 9.41. The lowest BCUT2D eigenvalue weighted by Crippen LogP contribution is -2.55. The molecule has 10 radical (unpaired) electrons. The summed E-state index contributed by atoms with van der Waals surface area (Å²) < 4.78 is 2.27. The molecular formula is C41H25B5N2. The minimum absolute atomic E-state index is 0.199. The SMILES string of the molecule is [B]c1c([B])c([B])c(-c2ccc3c(-c4cccc(-n5c(CC)nc6ccccc65)c4)c4ccccc4c(-c4ccccc4)c3c2)c([B])c1[B]. The first-order valence-electron chi connectivity index (χ1n) is 16.0. The van der Waals surface area contributed by atoms with Gasteiger partial charge in [0.2, 0.25) is 0 Å². The van der Waals surface area contributed by atoms with Crippen molar-refractivity contribution in [2.45, 2.75) is 13.3 Å². The molecule has 0 atom stereocenters. The topological polar surface area (TPSA) is 17.8 Å². The van der Waals surface area contributed by atoms with Gasteiger partial charge in [0.1, 0.15) is 45.1 Å². The van der Waals surface area contributed by atoms with E-state index in [-0.39, 0.29) is 16.4 Å². The van der Waals surface area contributed by atoms with Gasteiger partial charge < -0.3 is 0 Å². The molecule has 214 valence electrons. The Balaban J connectivity index is 1.47. The minimum Gasteiger partial charge on any atom is -0.296 e. The van der Waals surface area contributed by atoms with Crippen LogP contribution in [0.15, 0.2) is 121 Å². The van der Waals surface area contributed by atoms with Gasteiger partial charge in [0, 0.05) is 12.1 Å². The van der Waals surface area contributed by atoms with Crippen LogP contribution in [0.3, 0.4) is 0 Å². The van der Waals surface area contributed by atoms with Crippen molar-refractivity contribution in [3.8, 4) is 39.1 Å². The van der Waals surface area contributed by atoms with Gasteiger partial charge in [0.05, 0.1) is 11.0 Å². The summed E-state index contributed by atoms with van der Waals surface area (Å²) in [5.41, 5.74) is 10.3. The van der Waals surface area contributed by atoms with Crippen LogP contribution in [-0.2, 0) is 6.42 Å². The lowest BCUT2D eigenvalue weighted by molar-refractivity contribution is 0.908. The number of rotatable bonds is 5. The van der Waals surface area contributed by atoms with Crippen LogP contribution in [0.2, 0.25) is 0 Å². The van der Waals surface area contributed by atoms with Gasteiger partial charge >= 0.3 is 0 Å². The Kier molecular flexibility index (Phi) is 7.44. The molecule has 7 heteroatoms. The van der Waals surface area contributed by atoms with Crippen molar-refractivity contribution in [2.24, 2.45) is 0 Å². The predicted octanol–water partition coefficient (Wildman–Crippen LogP) is 4.86. The van der Waals surface area contributed by atoms with E-state index in [0.717, 1.165) is 78.3 Å². The second-order valence-electron chi connectivity index (χ2n) is 12.1. The lowest BCUT2D eigenvalue weighted by Gasteiger charge is -2.23. The standard InChI is InChI=1S/C41H25B5N2/c1-2-33-47-31-17-8-9-18-32(31)48(33)26-14-10-13-24(21-26)35-28-16-7-6-15-27(28)34(23-11-4-3-5-12-23)30-22-25(19-20-29(30)35)36-37(42)39(44)41(46)40(45)38(36)43/h3-22H,2H2,1H3. The van der Waals surface area contributed by atoms with E-state index in [1.807, 2.05) is 18.2 Å². The fourth-order valence-corrected chi connectivity index (χ4v) is 7.12. The molecule has 2 nitrogen and oxygen atoms in total. The van der Waals surface area contributed by atoms with E-state index < -0.39 is 0 Å². The van der Waals surface area contributed by atoms with Gasteiger partial charge in [-0.1, -0.05) is 109 Å². The minimum atomic E-state index is 0.199. The summed E-state index contributed by atoms with van der Waals surface area (Å²) in [6, 6.07) is 42.4. The van der Waals surface area contributed by atoms with Crippen molar-refractivity contribution in [1.29, 1.82) is 0 Å². The molecule has 0 aliphatic heterocycles. The maximum absolute atomic E-state index is 6.57. The highest BCUT2D eigenvalue weighted by Gasteiger charge is 2.20. The first kappa shape index (κ1) is 30.2. The molecule has 8 rings (SSSR count). The third-order valence-electron chi connectivity index (χ3n) is 9.41. The summed E-state index contributed by atoms with van der Waals surface area (Å²) in [7, 11) is 31.9. The summed E-state index contributed by atoms with van der Waals surface area (Å²) in [5.74, 6) is 1.02. The van der Waals surface area contributed by atoms with Crippen molar-refractivity contribution in [1.82, 2.24) is 9.55 Å². The van der Waals surface area contributed by atoms with Gasteiger partial charge in [-0.3, -0.25) is 4.57 Å². The van der Waals surface area contributed by atoms with Crippen molar-refractivity contribution in [3.63, 3.8) is 0 Å². The number of hydrogen-bond acceptors (Lipinski definition) is 1. The van der Waals surface area contributed by atoms with Crippen molar-refractivity contribution in [2.75, 3.05) is 0 Å². The Morgan fingerprint density at radius 2 is 1.04 bits per heavy atom. The zero-order valence-corrected chi connectivity index (χ0v) is 26.5. The van der Waals surface area contributed by atoms with Gasteiger partial charge in [0.25, 0.3) is 0 Å². The summed E-state index contributed by atoms with van der Waals surface area (Å²) in [4.78, 5) is 4.94. The Morgan fingerprint density at radius 1 is 0.479 bits per heavy atom. The van der Waals surface area contributed by atoms with Crippen LogP contribution in [0.1, 0.15) is 12.7 Å². The Morgan fingerprint density at radius 3 is 1.75 bits per heavy atom. The van der Waals surface area contributed by atoms with Crippen LogP contribution in [-0.4, -0.2) is 48.8 Å². The number of fused-ring (bicyclic) bond motifs is 3. The average Bonchev–Trinajstić information content (AvgIpc) is 3.51. The molecule has 1 aromatic heterocycles. The normalized spacial score (nSPS) is 11.5. The van der Waals surface area contributed by atoms with Gasteiger partial charge in [0.15, 0.2) is 0 Å². The fraction of sp³-hybridized carbons (Fsp3) is 0.0488. The highest BCUT2D eigenvalue weighted by Crippen LogP contribution is 2.45. The van der Waals surface area contributed by atoms with E-state index in [0.29, 0.717) is 16.5 Å². The summed E-state index contributed by atoms with van der Waals surface area (Å²) >= 11 is 0. The van der Waals surface area contributed by atoms with E-state index in [9.17, 15) is 0 Å². The maximum atomic E-state index is 6.57. The molecule has 8 aromatic rings. The molecule has 0 amide bonds. The number of hydrogen-bond donors (Lipinski definition) is 0. The highest BCUT2D eigenvalue weighted by atomic mass is 15.1. The van der Waals surface area contributed by atoms with Crippen molar-refractivity contribution >= 4 is 99.1 Å². The monoisotopic (exact) mass is 600 g/mol. The summed E-state index contributed by atoms with van der Waals surface area (Å²) in [5, 5.41) is 4.43. The molecule has 0 N–H and O–H groups in total. The van der Waals surface area contributed by atoms with Crippen LogP contribution in [0.4, 0.5) is 0 Å². The Labute approximate surface area is 287 Å². The van der Waals surface area contributed by atoms with E-state index >= 15 is 0 Å². The van der Waals surface area contributed by atoms with E-state index in [4.69, 9.17) is 44.2 Å². The van der Waals surface area contributed by atoms with Crippen LogP contribution in [0.5, 0.6) is 0 Å². The molecular weight excluding hydrogens is 575 g/mol. The number of aromatic nitrogens is 2. The molecule has 1 heterocycles. The Bertz CT molecular complexity index is 2530. The van der Waals surface area contributed by atoms with Gasteiger partial charge in [-0.2, -0.15) is 0 Å². The zero-order valence-electron chi connectivity index (χ0n) is 26.5. The number of imidazole rings is 1. The summed E-state index contributed by atoms with van der Waals surface area (Å²) in [6.07, 6.45) is 0.811. The van der Waals surface area contributed by atoms with Crippen LogP contribution >= 0.6 is 0 Å². The van der Waals surface area contributed by atoms with Crippen molar-refractivity contribution < 1.29 is 0 Å². The molecule has 0 aliphatic rings. The first-order valence-corrected chi connectivity index (χ1v) is 16.0. The van der Waals surface area contributed by atoms with Gasteiger partial charge in [-0.25, -0.2) is 4.98 Å². The smallest absolute Gasteiger partial charge is 0.114 e. The molecule has 0 saturated carbocycles. The molecule has 0 saturated heterocycles. The quantitative estimate of drug-likeness (QED) is 0.204. The molecule has 0 fully saturated rings. The average molecular weight is 600 g/mol. The van der Waals surface area contributed by atoms with E-state index in [1.54, 1.807) is 0 Å². The third kappa shape index (κ3) is 4.67. The number of nitrogens with zero attached hydrogens (tertiary/aromatic N) is 2. The molecule has 7 aromatic carbocycles. The van der Waals surface area contributed by atoms with E-state index in [2.05, 4.69) is 115 Å². The molecule has 0 spiro atoms. The maximum Gasteiger partial charge on any atom is 0.114 e. The van der Waals surface area contributed by atoms with Gasteiger partial charge in [-0.15, -0.1) is 16.4 Å². The molecule has 0 aliphatic carbocycles. The largest absolute Gasteiger partial charge is 0.296 e. The first-order chi connectivity index (χ1) is 23.4. The van der Waals surface area contributed by atoms with Crippen LogP contribution in [0, 0.1) is 0 Å².